The van der Waals surface area contributed by atoms with Crippen LogP contribution in [0.1, 0.15) is 49.3 Å². The Kier molecular flexibility index (Phi) is 5.09. The van der Waals surface area contributed by atoms with E-state index in [0.717, 1.165) is 48.8 Å². The van der Waals surface area contributed by atoms with Gasteiger partial charge in [0.1, 0.15) is 17.0 Å². The lowest BCUT2D eigenvalue weighted by molar-refractivity contribution is 0.0994. The van der Waals surface area contributed by atoms with Crippen LogP contribution in [-0.2, 0) is 20.0 Å². The van der Waals surface area contributed by atoms with E-state index in [9.17, 15) is 5.11 Å². The van der Waals surface area contributed by atoms with Gasteiger partial charge in [-0.25, -0.2) is 0 Å². The molecule has 2 unspecified atom stereocenters. The molecule has 0 saturated carbocycles. The Morgan fingerprint density at radius 2 is 2.35 bits per heavy atom. The molecular formula is C17H24ClN3O2. The lowest BCUT2D eigenvalue weighted by Gasteiger charge is -2.26. The summed E-state index contributed by atoms with van der Waals surface area (Å²) < 4.78 is 7.06. The zero-order valence-electron chi connectivity index (χ0n) is 13.7. The van der Waals surface area contributed by atoms with Gasteiger partial charge in [0.15, 0.2) is 0 Å². The first kappa shape index (κ1) is 16.6. The molecule has 1 aliphatic heterocycles. The van der Waals surface area contributed by atoms with Crippen molar-refractivity contribution in [1.82, 2.24) is 14.7 Å². The highest BCUT2D eigenvalue weighted by atomic mass is 35.5. The number of aryl methyl sites for hydroxylation is 2. The summed E-state index contributed by atoms with van der Waals surface area (Å²) in [4.78, 5) is 2.41. The maximum absolute atomic E-state index is 10.4. The molecule has 5 nitrogen and oxygen atoms in total. The van der Waals surface area contributed by atoms with E-state index in [1.807, 2.05) is 19.2 Å². The zero-order valence-corrected chi connectivity index (χ0v) is 14.5. The molecule has 2 atom stereocenters. The molecule has 0 amide bonds. The largest absolute Gasteiger partial charge is 0.467 e. The molecule has 1 fully saturated rings. The van der Waals surface area contributed by atoms with Crippen molar-refractivity contribution in [3.63, 3.8) is 0 Å². The second-order valence-corrected chi connectivity index (χ2v) is 6.58. The van der Waals surface area contributed by atoms with Gasteiger partial charge in [-0.05, 0) is 44.4 Å². The fraction of sp³-hybridized carbons (Fsp3) is 0.588. The van der Waals surface area contributed by atoms with Crippen LogP contribution in [-0.4, -0.2) is 32.4 Å². The minimum atomic E-state index is -0.550. The van der Waals surface area contributed by atoms with E-state index >= 15 is 0 Å². The molecule has 2 aromatic rings. The number of hydrogen-bond donors (Lipinski definition) is 1. The Morgan fingerprint density at radius 1 is 1.52 bits per heavy atom. The second-order valence-electron chi connectivity index (χ2n) is 6.23. The molecule has 23 heavy (non-hydrogen) atoms. The number of aromatic nitrogens is 2. The molecule has 2 aromatic heterocycles. The highest BCUT2D eigenvalue weighted by molar-refractivity contribution is 6.30. The molecular weight excluding hydrogens is 314 g/mol. The summed E-state index contributed by atoms with van der Waals surface area (Å²) in [5.74, 6) is 0.644. The van der Waals surface area contributed by atoms with Crippen LogP contribution in [0.5, 0.6) is 0 Å². The molecule has 0 bridgehead atoms. The second kappa shape index (κ2) is 7.07. The Balaban J connectivity index is 1.70. The smallest absolute Gasteiger partial charge is 0.132 e. The van der Waals surface area contributed by atoms with Crippen LogP contribution >= 0.6 is 11.6 Å². The van der Waals surface area contributed by atoms with Crippen LogP contribution in [0.25, 0.3) is 0 Å². The first-order valence-corrected chi connectivity index (χ1v) is 8.63. The van der Waals surface area contributed by atoms with Gasteiger partial charge in [-0.3, -0.25) is 9.58 Å². The van der Waals surface area contributed by atoms with Gasteiger partial charge in [0.2, 0.25) is 0 Å². The van der Waals surface area contributed by atoms with Gasteiger partial charge in [-0.2, -0.15) is 5.10 Å². The molecule has 0 spiro atoms. The molecule has 3 heterocycles. The predicted octanol–water partition coefficient (Wildman–Crippen LogP) is 3.32. The van der Waals surface area contributed by atoms with Crippen molar-refractivity contribution in [2.24, 2.45) is 7.05 Å². The fourth-order valence-electron chi connectivity index (χ4n) is 3.47. The molecule has 0 aliphatic carbocycles. The van der Waals surface area contributed by atoms with Gasteiger partial charge < -0.3 is 9.52 Å². The van der Waals surface area contributed by atoms with Crippen molar-refractivity contribution in [3.8, 4) is 0 Å². The summed E-state index contributed by atoms with van der Waals surface area (Å²) >= 11 is 6.42. The molecule has 1 N–H and O–H groups in total. The van der Waals surface area contributed by atoms with Gasteiger partial charge in [0, 0.05) is 25.2 Å². The summed E-state index contributed by atoms with van der Waals surface area (Å²) in [5, 5.41) is 15.6. The molecule has 1 saturated heterocycles. The third kappa shape index (κ3) is 3.47. The highest BCUT2D eigenvalue weighted by Gasteiger charge is 2.29. The van der Waals surface area contributed by atoms with E-state index in [1.165, 1.54) is 0 Å². The molecule has 6 heteroatoms. The minimum absolute atomic E-state index is 0.344. The summed E-state index contributed by atoms with van der Waals surface area (Å²) in [6, 6.07) is 3.99. The summed E-state index contributed by atoms with van der Waals surface area (Å²) in [6.45, 7) is 3.93. The first-order chi connectivity index (χ1) is 11.1. The number of aliphatic hydroxyl groups is 1. The minimum Gasteiger partial charge on any atom is -0.467 e. The molecule has 1 aliphatic rings. The monoisotopic (exact) mass is 337 g/mol. The number of rotatable bonds is 6. The SMILES string of the molecule is CCc1nn(C)c(Cl)c1CN1CCCC1CC(O)c1ccco1. The molecule has 126 valence electrons. The molecule has 0 radical (unpaired) electrons. The Morgan fingerprint density at radius 3 is 3.04 bits per heavy atom. The fourth-order valence-corrected chi connectivity index (χ4v) is 3.67. The van der Waals surface area contributed by atoms with Crippen molar-refractivity contribution < 1.29 is 9.52 Å². The van der Waals surface area contributed by atoms with Gasteiger partial charge in [-0.1, -0.05) is 18.5 Å². The average molecular weight is 338 g/mol. The van der Waals surface area contributed by atoms with Crippen LogP contribution in [0.15, 0.2) is 22.8 Å². The average Bonchev–Trinajstić information content (AvgIpc) is 3.25. The number of hydrogen-bond acceptors (Lipinski definition) is 4. The van der Waals surface area contributed by atoms with Crippen molar-refractivity contribution >= 4 is 11.6 Å². The molecule has 0 aromatic carbocycles. The Labute approximate surface area is 141 Å². The van der Waals surface area contributed by atoms with Crippen LogP contribution in [0, 0.1) is 0 Å². The summed E-state index contributed by atoms with van der Waals surface area (Å²) in [7, 11) is 1.88. The van der Waals surface area contributed by atoms with Crippen LogP contribution in [0.4, 0.5) is 0 Å². The number of halogens is 1. The Hall–Kier alpha value is -1.30. The van der Waals surface area contributed by atoms with E-state index in [1.54, 1.807) is 10.9 Å². The van der Waals surface area contributed by atoms with Gasteiger partial charge in [0.25, 0.3) is 0 Å². The first-order valence-electron chi connectivity index (χ1n) is 8.26. The van der Waals surface area contributed by atoms with Gasteiger partial charge >= 0.3 is 0 Å². The summed E-state index contributed by atoms with van der Waals surface area (Å²) in [5.41, 5.74) is 2.19. The lowest BCUT2D eigenvalue weighted by Crippen LogP contribution is -2.30. The van der Waals surface area contributed by atoms with Crippen LogP contribution in [0.2, 0.25) is 5.15 Å². The molecule has 3 rings (SSSR count). The zero-order chi connectivity index (χ0) is 16.4. The van der Waals surface area contributed by atoms with E-state index < -0.39 is 6.10 Å². The highest BCUT2D eigenvalue weighted by Crippen LogP contribution is 2.31. The van der Waals surface area contributed by atoms with Crippen molar-refractivity contribution in [2.75, 3.05) is 6.54 Å². The third-order valence-corrected chi connectivity index (χ3v) is 5.19. The maximum atomic E-state index is 10.4. The van der Waals surface area contributed by atoms with Crippen LogP contribution < -0.4 is 0 Å². The number of likely N-dealkylation sites (tertiary alicyclic amines) is 1. The third-order valence-electron chi connectivity index (χ3n) is 4.71. The number of furan rings is 1. The van der Waals surface area contributed by atoms with E-state index in [2.05, 4.69) is 16.9 Å². The normalized spacial score (nSPS) is 20.3. The van der Waals surface area contributed by atoms with Crippen molar-refractivity contribution in [3.05, 3.63) is 40.6 Å². The Bertz CT molecular complexity index is 639. The van der Waals surface area contributed by atoms with Gasteiger partial charge in [-0.15, -0.1) is 0 Å². The van der Waals surface area contributed by atoms with E-state index in [0.29, 0.717) is 18.2 Å². The standard InChI is InChI=1S/C17H24ClN3O2/c1-3-14-13(17(18)20(2)19-14)11-21-8-4-6-12(21)10-15(22)16-7-5-9-23-16/h5,7,9,12,15,22H,3-4,6,8,10-11H2,1-2H3. The summed E-state index contributed by atoms with van der Waals surface area (Å²) in [6.07, 6.45) is 4.86. The maximum Gasteiger partial charge on any atom is 0.132 e. The quantitative estimate of drug-likeness (QED) is 0.878. The number of aliphatic hydroxyl groups excluding tert-OH is 1. The van der Waals surface area contributed by atoms with E-state index in [4.69, 9.17) is 16.0 Å². The number of nitrogens with zero attached hydrogens (tertiary/aromatic N) is 3. The lowest BCUT2D eigenvalue weighted by atomic mass is 10.0. The topological polar surface area (TPSA) is 54.4 Å². The van der Waals surface area contributed by atoms with E-state index in [-0.39, 0.29) is 0 Å². The van der Waals surface area contributed by atoms with Crippen LogP contribution in [0.3, 0.4) is 0 Å². The van der Waals surface area contributed by atoms with Gasteiger partial charge in [0.05, 0.1) is 12.0 Å². The van der Waals surface area contributed by atoms with Crippen molar-refractivity contribution in [2.45, 2.75) is 51.3 Å². The predicted molar refractivity (Wildman–Crippen MR) is 89.3 cm³/mol. The van der Waals surface area contributed by atoms with Crippen molar-refractivity contribution in [1.29, 1.82) is 0 Å².